The van der Waals surface area contributed by atoms with Crippen LogP contribution in [-0.4, -0.2) is 23.3 Å². The second-order valence-corrected chi connectivity index (χ2v) is 6.82. The Labute approximate surface area is 169 Å². The van der Waals surface area contributed by atoms with Crippen LogP contribution >= 0.6 is 0 Å². The second-order valence-electron chi connectivity index (χ2n) is 6.82. The first-order valence-electron chi connectivity index (χ1n) is 9.65. The summed E-state index contributed by atoms with van der Waals surface area (Å²) in [6.07, 6.45) is 0. The van der Waals surface area contributed by atoms with Crippen molar-refractivity contribution in [1.29, 1.82) is 0 Å². The zero-order valence-corrected chi connectivity index (χ0v) is 16.2. The molecule has 146 valence electrons. The number of carbonyl (C=O) groups is 2. The molecular weight excluding hydrogens is 364 g/mol. The molecule has 0 saturated heterocycles. The molecule has 1 aliphatic heterocycles. The van der Waals surface area contributed by atoms with Crippen molar-refractivity contribution in [3.05, 3.63) is 95.6 Å². The number of ether oxygens (including phenoxy) is 1. The molecule has 5 nitrogen and oxygen atoms in total. The Kier molecular flexibility index (Phi) is 5.29. The maximum absolute atomic E-state index is 13.4. The number of nitrogens with zero attached hydrogens (tertiary/aromatic N) is 1. The van der Waals surface area contributed by atoms with E-state index in [0.29, 0.717) is 30.2 Å². The summed E-state index contributed by atoms with van der Waals surface area (Å²) in [7, 11) is 0. The molecule has 0 unspecified atom stereocenters. The molecule has 2 amide bonds. The number of anilines is 1. The van der Waals surface area contributed by atoms with Crippen LogP contribution in [0.5, 0.6) is 5.75 Å². The lowest BCUT2D eigenvalue weighted by Crippen LogP contribution is -2.37. The third-order valence-corrected chi connectivity index (χ3v) is 4.97. The van der Waals surface area contributed by atoms with Crippen molar-refractivity contribution < 1.29 is 14.3 Å². The molecule has 0 bridgehead atoms. The van der Waals surface area contributed by atoms with Gasteiger partial charge in [0.25, 0.3) is 11.8 Å². The first kappa shape index (κ1) is 18.7. The summed E-state index contributed by atoms with van der Waals surface area (Å²) in [4.78, 5) is 28.1. The van der Waals surface area contributed by atoms with E-state index in [9.17, 15) is 9.59 Å². The highest BCUT2D eigenvalue weighted by Crippen LogP contribution is 2.33. The van der Waals surface area contributed by atoms with Crippen LogP contribution in [0.25, 0.3) is 0 Å². The van der Waals surface area contributed by atoms with Crippen LogP contribution in [0.4, 0.5) is 5.69 Å². The van der Waals surface area contributed by atoms with E-state index < -0.39 is 6.04 Å². The Hall–Kier alpha value is -3.60. The molecule has 0 aliphatic carbocycles. The summed E-state index contributed by atoms with van der Waals surface area (Å²) in [5.41, 5.74) is 2.93. The highest BCUT2D eigenvalue weighted by molar-refractivity contribution is 6.04. The summed E-state index contributed by atoms with van der Waals surface area (Å²) in [6, 6.07) is 23.4. The van der Waals surface area contributed by atoms with Crippen molar-refractivity contribution in [2.45, 2.75) is 19.5 Å². The van der Waals surface area contributed by atoms with Crippen LogP contribution in [-0.2, 0) is 11.3 Å². The molecule has 0 spiro atoms. The second kappa shape index (κ2) is 8.19. The van der Waals surface area contributed by atoms with E-state index in [0.717, 1.165) is 11.1 Å². The Morgan fingerprint density at radius 2 is 1.69 bits per heavy atom. The molecule has 0 radical (unpaired) electrons. The monoisotopic (exact) mass is 386 g/mol. The number of amides is 2. The molecule has 3 aromatic rings. The van der Waals surface area contributed by atoms with Gasteiger partial charge in [-0.1, -0.05) is 60.7 Å². The molecule has 1 N–H and O–H groups in total. The number of para-hydroxylation sites is 2. The van der Waals surface area contributed by atoms with E-state index in [1.165, 1.54) is 0 Å². The number of hydrogen-bond acceptors (Lipinski definition) is 3. The number of fused-ring (bicyclic) bond motifs is 1. The largest absolute Gasteiger partial charge is 0.492 e. The Balaban J connectivity index is 1.68. The maximum Gasteiger partial charge on any atom is 0.255 e. The number of carbonyl (C=O) groups excluding carboxylic acids is 2. The Bertz CT molecular complexity index is 1030. The number of rotatable bonds is 6. The fourth-order valence-corrected chi connectivity index (χ4v) is 3.65. The van der Waals surface area contributed by atoms with Gasteiger partial charge in [0.1, 0.15) is 11.8 Å². The first-order valence-corrected chi connectivity index (χ1v) is 9.65. The molecule has 1 atom stereocenters. The lowest BCUT2D eigenvalue weighted by atomic mass is 10.0. The molecule has 4 rings (SSSR count). The predicted octanol–water partition coefficient (Wildman–Crippen LogP) is 4.42. The molecule has 1 aliphatic rings. The summed E-state index contributed by atoms with van der Waals surface area (Å²) in [5.74, 6) is 0.193. The molecular formula is C24H22N2O3. The molecule has 0 saturated carbocycles. The third kappa shape index (κ3) is 3.72. The topological polar surface area (TPSA) is 58.6 Å². The van der Waals surface area contributed by atoms with Gasteiger partial charge in [-0.3, -0.25) is 9.59 Å². The molecule has 29 heavy (non-hydrogen) atoms. The predicted molar refractivity (Wildman–Crippen MR) is 112 cm³/mol. The minimum absolute atomic E-state index is 0.136. The lowest BCUT2D eigenvalue weighted by Gasteiger charge is -2.27. The highest BCUT2D eigenvalue weighted by atomic mass is 16.5. The molecule has 3 aromatic carbocycles. The fraction of sp³-hybridized carbons (Fsp3) is 0.167. The van der Waals surface area contributed by atoms with E-state index >= 15 is 0 Å². The average Bonchev–Trinajstić information content (AvgIpc) is 3.07. The van der Waals surface area contributed by atoms with Gasteiger partial charge < -0.3 is 15.0 Å². The van der Waals surface area contributed by atoms with Gasteiger partial charge in [-0.05, 0) is 36.2 Å². The highest BCUT2D eigenvalue weighted by Gasteiger charge is 2.37. The molecule has 0 fully saturated rings. The van der Waals surface area contributed by atoms with Crippen LogP contribution in [0, 0.1) is 0 Å². The van der Waals surface area contributed by atoms with Crippen molar-refractivity contribution in [2.75, 3.05) is 11.9 Å². The van der Waals surface area contributed by atoms with Crippen molar-refractivity contribution in [3.8, 4) is 5.75 Å². The van der Waals surface area contributed by atoms with Crippen LogP contribution in [0.3, 0.4) is 0 Å². The van der Waals surface area contributed by atoms with Crippen LogP contribution < -0.4 is 10.1 Å². The van der Waals surface area contributed by atoms with E-state index in [2.05, 4.69) is 5.32 Å². The van der Waals surface area contributed by atoms with E-state index in [1.807, 2.05) is 79.7 Å². The van der Waals surface area contributed by atoms with Gasteiger partial charge in [0.05, 0.1) is 12.3 Å². The summed E-state index contributed by atoms with van der Waals surface area (Å²) in [5, 5.41) is 2.96. The minimum Gasteiger partial charge on any atom is -0.492 e. The van der Waals surface area contributed by atoms with Crippen molar-refractivity contribution in [2.24, 2.45) is 0 Å². The quantitative estimate of drug-likeness (QED) is 0.682. The fourth-order valence-electron chi connectivity index (χ4n) is 3.65. The van der Waals surface area contributed by atoms with Crippen molar-refractivity contribution in [1.82, 2.24) is 4.90 Å². The lowest BCUT2D eigenvalue weighted by molar-refractivity contribution is -0.120. The number of hydrogen-bond donors (Lipinski definition) is 1. The van der Waals surface area contributed by atoms with Gasteiger partial charge in [-0.15, -0.1) is 0 Å². The normalized spacial score (nSPS) is 13.7. The SMILES string of the molecule is CCOc1ccccc1NC(=O)[C@H](c1ccccc1)N1Cc2ccccc2C1=O. The molecule has 5 heteroatoms. The zero-order valence-electron chi connectivity index (χ0n) is 16.2. The van der Waals surface area contributed by atoms with E-state index in [-0.39, 0.29) is 11.8 Å². The number of benzene rings is 3. The average molecular weight is 386 g/mol. The van der Waals surface area contributed by atoms with Crippen LogP contribution in [0.15, 0.2) is 78.9 Å². The molecule has 1 heterocycles. The van der Waals surface area contributed by atoms with Crippen LogP contribution in [0.1, 0.15) is 34.5 Å². The summed E-state index contributed by atoms with van der Waals surface area (Å²) >= 11 is 0. The zero-order chi connectivity index (χ0) is 20.2. The minimum atomic E-state index is -0.745. The first-order chi connectivity index (χ1) is 14.2. The molecule has 0 aromatic heterocycles. The van der Waals surface area contributed by atoms with Gasteiger partial charge >= 0.3 is 0 Å². The third-order valence-electron chi connectivity index (χ3n) is 4.97. The Morgan fingerprint density at radius 3 is 2.45 bits per heavy atom. The smallest absolute Gasteiger partial charge is 0.255 e. The van der Waals surface area contributed by atoms with E-state index in [1.54, 1.807) is 11.0 Å². The van der Waals surface area contributed by atoms with Crippen LogP contribution in [0.2, 0.25) is 0 Å². The summed E-state index contributed by atoms with van der Waals surface area (Å²) in [6.45, 7) is 2.79. The van der Waals surface area contributed by atoms with E-state index in [4.69, 9.17) is 4.74 Å². The standard InChI is InChI=1S/C24H22N2O3/c1-2-29-21-15-9-8-14-20(21)25-23(27)22(17-10-4-3-5-11-17)26-16-18-12-6-7-13-19(18)24(26)28/h3-15,22H,2,16H2,1H3,(H,25,27)/t22-/m0/s1. The van der Waals surface area contributed by atoms with Gasteiger partial charge in [-0.2, -0.15) is 0 Å². The number of nitrogens with one attached hydrogen (secondary N) is 1. The Morgan fingerprint density at radius 1 is 1.00 bits per heavy atom. The van der Waals surface area contributed by atoms with Gasteiger partial charge in [-0.25, -0.2) is 0 Å². The van der Waals surface area contributed by atoms with Crippen molar-refractivity contribution in [3.63, 3.8) is 0 Å². The van der Waals surface area contributed by atoms with Gasteiger partial charge in [0, 0.05) is 12.1 Å². The summed E-state index contributed by atoms with van der Waals surface area (Å²) < 4.78 is 5.63. The van der Waals surface area contributed by atoms with Gasteiger partial charge in [0.15, 0.2) is 0 Å². The van der Waals surface area contributed by atoms with Crippen molar-refractivity contribution >= 4 is 17.5 Å². The maximum atomic E-state index is 13.4. The van der Waals surface area contributed by atoms with Gasteiger partial charge in [0.2, 0.25) is 0 Å².